The predicted molar refractivity (Wildman–Crippen MR) is 37.8 cm³/mol. The predicted octanol–water partition coefficient (Wildman–Crippen LogP) is 2.15. The van der Waals surface area contributed by atoms with Gasteiger partial charge < -0.3 is 0 Å². The minimum atomic E-state index is 1.17. The molecule has 7 heavy (non-hydrogen) atoms. The first kappa shape index (κ1) is 5.51. The summed E-state index contributed by atoms with van der Waals surface area (Å²) in [6.45, 7) is 0. The van der Waals surface area contributed by atoms with E-state index in [1.165, 1.54) is 18.6 Å². The summed E-state index contributed by atoms with van der Waals surface area (Å²) in [7, 11) is 3.44. The highest BCUT2D eigenvalue weighted by molar-refractivity contribution is 8.76. The number of rotatable bonds is 0. The summed E-state index contributed by atoms with van der Waals surface area (Å²) in [4.78, 5) is 0. The third-order valence-electron chi connectivity index (χ3n) is 0.731. The van der Waals surface area contributed by atoms with E-state index in [-0.39, 0.29) is 0 Å². The molecule has 1 rings (SSSR count). The zero-order valence-electron chi connectivity index (χ0n) is 3.96. The highest BCUT2D eigenvalue weighted by atomic mass is 33.1. The molecule has 0 radical (unpaired) electrons. The standard InChI is InChI=1S/C4H7NS2/c1-2-4-6-7-5-3-1/h3H,1-2,4H2. The van der Waals surface area contributed by atoms with Gasteiger partial charge in [-0.25, -0.2) is 4.40 Å². The van der Waals surface area contributed by atoms with Crippen LogP contribution in [0.25, 0.3) is 0 Å². The Balaban J connectivity index is 2.20. The van der Waals surface area contributed by atoms with Crippen LogP contribution in [0.15, 0.2) is 4.40 Å². The summed E-state index contributed by atoms with van der Waals surface area (Å²) >= 11 is 0. The van der Waals surface area contributed by atoms with Crippen molar-refractivity contribution in [1.82, 2.24) is 0 Å². The summed E-state index contributed by atoms with van der Waals surface area (Å²) in [5.74, 6) is 1.25. The average Bonchev–Trinajstić information content (AvgIpc) is 1.90. The van der Waals surface area contributed by atoms with Crippen molar-refractivity contribution in [3.63, 3.8) is 0 Å². The summed E-state index contributed by atoms with van der Waals surface area (Å²) in [5.41, 5.74) is 0. The van der Waals surface area contributed by atoms with Gasteiger partial charge in [-0.15, -0.1) is 0 Å². The van der Waals surface area contributed by atoms with E-state index in [0.717, 1.165) is 0 Å². The largest absolute Gasteiger partial charge is 0.217 e. The maximum absolute atomic E-state index is 4.03. The summed E-state index contributed by atoms with van der Waals surface area (Å²) in [6, 6.07) is 0. The van der Waals surface area contributed by atoms with Gasteiger partial charge in [-0.3, -0.25) is 0 Å². The van der Waals surface area contributed by atoms with E-state index in [2.05, 4.69) is 4.40 Å². The first-order chi connectivity index (χ1) is 3.50. The highest BCUT2D eigenvalue weighted by Gasteiger charge is 1.90. The molecule has 0 unspecified atom stereocenters. The topological polar surface area (TPSA) is 12.4 Å². The van der Waals surface area contributed by atoms with Crippen molar-refractivity contribution in [3.8, 4) is 0 Å². The second kappa shape index (κ2) is 3.38. The molecule has 3 heteroatoms. The molecule has 0 atom stereocenters. The van der Waals surface area contributed by atoms with Crippen LogP contribution in [0.1, 0.15) is 12.8 Å². The molecule has 1 nitrogen and oxygen atoms in total. The number of hydrogen-bond donors (Lipinski definition) is 0. The molecule has 40 valence electrons. The Morgan fingerprint density at radius 3 is 3.57 bits per heavy atom. The minimum Gasteiger partial charge on any atom is -0.217 e. The maximum atomic E-state index is 4.03. The van der Waals surface area contributed by atoms with E-state index in [1.54, 1.807) is 11.0 Å². The molecule has 0 aromatic heterocycles. The third-order valence-corrected chi connectivity index (χ3v) is 2.60. The van der Waals surface area contributed by atoms with Gasteiger partial charge in [-0.1, -0.05) is 10.8 Å². The molecular formula is C4H7NS2. The fourth-order valence-electron chi connectivity index (χ4n) is 0.384. The molecular weight excluding hydrogens is 126 g/mol. The Morgan fingerprint density at radius 1 is 1.57 bits per heavy atom. The van der Waals surface area contributed by atoms with Crippen LogP contribution in [0.2, 0.25) is 0 Å². The zero-order chi connectivity index (χ0) is 4.95. The first-order valence-corrected chi connectivity index (χ1v) is 4.58. The zero-order valence-corrected chi connectivity index (χ0v) is 5.60. The average molecular weight is 133 g/mol. The Morgan fingerprint density at radius 2 is 2.57 bits per heavy atom. The van der Waals surface area contributed by atoms with E-state index in [4.69, 9.17) is 0 Å². The molecule has 0 N–H and O–H groups in total. The van der Waals surface area contributed by atoms with Crippen molar-refractivity contribution in [2.45, 2.75) is 12.8 Å². The van der Waals surface area contributed by atoms with Crippen LogP contribution in [0, 0.1) is 0 Å². The van der Waals surface area contributed by atoms with E-state index in [9.17, 15) is 0 Å². The Labute approximate surface area is 51.5 Å². The first-order valence-electron chi connectivity index (χ1n) is 2.30. The van der Waals surface area contributed by atoms with Crippen molar-refractivity contribution in [1.29, 1.82) is 0 Å². The molecule has 1 heterocycles. The van der Waals surface area contributed by atoms with Gasteiger partial charge >= 0.3 is 0 Å². The van der Waals surface area contributed by atoms with Crippen molar-refractivity contribution in [3.05, 3.63) is 0 Å². The Hall–Kier alpha value is 0.370. The van der Waals surface area contributed by atoms with Crippen molar-refractivity contribution in [2.75, 3.05) is 5.75 Å². The quantitative estimate of drug-likeness (QED) is 0.371. The van der Waals surface area contributed by atoms with Gasteiger partial charge in [-0.2, -0.15) is 0 Å². The normalized spacial score (nSPS) is 21.7. The van der Waals surface area contributed by atoms with Crippen LogP contribution in [-0.2, 0) is 0 Å². The van der Waals surface area contributed by atoms with Crippen LogP contribution in [0.5, 0.6) is 0 Å². The lowest BCUT2D eigenvalue weighted by Gasteiger charge is -1.84. The van der Waals surface area contributed by atoms with E-state index in [1.807, 2.05) is 17.0 Å². The molecule has 0 fully saturated rings. The molecule has 0 bridgehead atoms. The maximum Gasteiger partial charge on any atom is 0.0430 e. The van der Waals surface area contributed by atoms with Crippen molar-refractivity contribution in [2.24, 2.45) is 4.40 Å². The highest BCUT2D eigenvalue weighted by Crippen LogP contribution is 2.25. The van der Waals surface area contributed by atoms with E-state index >= 15 is 0 Å². The molecule has 0 aliphatic carbocycles. The van der Waals surface area contributed by atoms with Gasteiger partial charge in [-0.05, 0) is 12.8 Å². The minimum absolute atomic E-state index is 1.17. The van der Waals surface area contributed by atoms with Gasteiger partial charge in [0.1, 0.15) is 0 Å². The molecule has 0 aromatic rings. The van der Waals surface area contributed by atoms with Crippen LogP contribution in [0.3, 0.4) is 0 Å². The van der Waals surface area contributed by atoms with Crippen LogP contribution >= 0.6 is 21.8 Å². The fourth-order valence-corrected chi connectivity index (χ4v) is 1.91. The van der Waals surface area contributed by atoms with E-state index < -0.39 is 0 Å². The van der Waals surface area contributed by atoms with Crippen LogP contribution < -0.4 is 0 Å². The van der Waals surface area contributed by atoms with Gasteiger partial charge in [0.25, 0.3) is 0 Å². The summed E-state index contributed by atoms with van der Waals surface area (Å²) < 4.78 is 4.03. The Bertz CT molecular complexity index is 64.1. The molecule has 0 amide bonds. The van der Waals surface area contributed by atoms with Gasteiger partial charge in [0, 0.05) is 22.9 Å². The third kappa shape index (κ3) is 2.24. The van der Waals surface area contributed by atoms with E-state index in [0.29, 0.717) is 0 Å². The molecule has 0 saturated heterocycles. The lowest BCUT2D eigenvalue weighted by molar-refractivity contribution is 1.03. The number of hydrogen-bond acceptors (Lipinski definition) is 3. The molecule has 0 saturated carbocycles. The second-order valence-corrected chi connectivity index (χ2v) is 3.48. The lowest BCUT2D eigenvalue weighted by atomic mass is 10.4. The Kier molecular flexibility index (Phi) is 2.66. The monoisotopic (exact) mass is 133 g/mol. The fraction of sp³-hybridized carbons (Fsp3) is 0.750. The molecule has 1 aliphatic rings. The van der Waals surface area contributed by atoms with Gasteiger partial charge in [0.05, 0.1) is 0 Å². The summed E-state index contributed by atoms with van der Waals surface area (Å²) in [6.07, 6.45) is 4.45. The van der Waals surface area contributed by atoms with Crippen LogP contribution in [-0.4, -0.2) is 12.0 Å². The van der Waals surface area contributed by atoms with Crippen LogP contribution in [0.4, 0.5) is 0 Å². The molecule has 0 spiro atoms. The SMILES string of the molecule is C1=NSSCCC1. The molecule has 0 aromatic carbocycles. The van der Waals surface area contributed by atoms with Gasteiger partial charge in [0.15, 0.2) is 0 Å². The smallest absolute Gasteiger partial charge is 0.0430 e. The number of nitrogens with zero attached hydrogens (tertiary/aromatic N) is 1. The van der Waals surface area contributed by atoms with Crippen molar-refractivity contribution < 1.29 is 0 Å². The second-order valence-electron chi connectivity index (χ2n) is 1.33. The lowest BCUT2D eigenvalue weighted by Crippen LogP contribution is -1.73. The van der Waals surface area contributed by atoms with Gasteiger partial charge in [0.2, 0.25) is 0 Å². The summed E-state index contributed by atoms with van der Waals surface area (Å²) in [5, 5.41) is 0. The molecule has 1 aliphatic heterocycles. The van der Waals surface area contributed by atoms with Crippen molar-refractivity contribution >= 4 is 28.0 Å².